The molecule has 0 aromatic rings. The van der Waals surface area contributed by atoms with Crippen molar-refractivity contribution in [1.29, 1.82) is 0 Å². The minimum atomic E-state index is -1.62. The molecule has 9 heteroatoms. The second kappa shape index (κ2) is 83.4. The summed E-state index contributed by atoms with van der Waals surface area (Å²) in [7, 11) is 5.96. The number of aliphatic carboxylic acids is 1. The standard InChI is InChI=1S/C92H177NO8/c1-6-8-10-12-14-16-18-20-22-24-26-28-30-32-34-36-38-40-42-43-44-45-46-47-49-51-53-55-57-59-61-63-65-67-69-71-73-75-77-79-81-83-90(95)101-88(87-100-92(91(96)97)98-85-84-93(3,4)5)86-99-89(94)82-80-78-76-74-72-70-68-66-64-62-60-58-56-54-52-50-48-41-39-37-35-33-31-29-27-25-23-21-19-17-15-13-11-9-7-2/h18,20,24,26,88,92H,6-17,19,21-23,25,27-87H2,1-5H3/b20-18-,26-24-. The first-order valence-electron chi connectivity index (χ1n) is 45.5. The Kier molecular flexibility index (Phi) is 81.6. The summed E-state index contributed by atoms with van der Waals surface area (Å²) in [6, 6.07) is 0. The number of ether oxygens (including phenoxy) is 4. The zero-order valence-corrected chi connectivity index (χ0v) is 68.8. The van der Waals surface area contributed by atoms with Crippen LogP contribution in [0.5, 0.6) is 0 Å². The molecule has 0 amide bonds. The van der Waals surface area contributed by atoms with Crippen molar-refractivity contribution in [2.24, 2.45) is 0 Å². The lowest BCUT2D eigenvalue weighted by atomic mass is 10.0. The number of carboxylic acids is 1. The normalized spacial score (nSPS) is 12.6. The van der Waals surface area contributed by atoms with Gasteiger partial charge in [-0.2, -0.15) is 0 Å². The molecule has 0 aliphatic rings. The van der Waals surface area contributed by atoms with E-state index in [1.807, 2.05) is 21.1 Å². The first-order valence-corrected chi connectivity index (χ1v) is 45.5. The predicted molar refractivity (Wildman–Crippen MR) is 436 cm³/mol. The van der Waals surface area contributed by atoms with Crippen molar-refractivity contribution in [3.05, 3.63) is 24.3 Å². The molecule has 0 radical (unpaired) electrons. The maximum Gasteiger partial charge on any atom is 0.306 e. The van der Waals surface area contributed by atoms with Crippen LogP contribution in [0.25, 0.3) is 0 Å². The third kappa shape index (κ3) is 84.9. The lowest BCUT2D eigenvalue weighted by Crippen LogP contribution is -2.44. The molecule has 0 saturated heterocycles. The fourth-order valence-corrected chi connectivity index (χ4v) is 14.3. The van der Waals surface area contributed by atoms with Gasteiger partial charge in [-0.1, -0.05) is 456 Å². The molecule has 0 N–H and O–H groups in total. The van der Waals surface area contributed by atoms with Gasteiger partial charge < -0.3 is 33.3 Å². The number of quaternary nitrogens is 1. The van der Waals surface area contributed by atoms with E-state index in [0.29, 0.717) is 17.4 Å². The Bertz CT molecular complexity index is 1710. The zero-order chi connectivity index (χ0) is 73.2. The van der Waals surface area contributed by atoms with Crippen molar-refractivity contribution >= 4 is 17.9 Å². The SMILES string of the molecule is CCCCCCC/C=C\C/C=C\CCCCCCCCCCCCCCCCCCCCCCCCCCCCCCCC(=O)OC(COC(=O)CCCCCCCCCCCCCCCCCCCCCCCCCCCCCCCCCCCCC)COC(OCC[N+](C)(C)C)C(=O)[O-]. The number of likely N-dealkylation sites (N-methyl/N-ethyl adjacent to an activating group) is 1. The van der Waals surface area contributed by atoms with E-state index in [1.54, 1.807) is 0 Å². The third-order valence-electron chi connectivity index (χ3n) is 21.2. The van der Waals surface area contributed by atoms with Crippen LogP contribution < -0.4 is 5.11 Å². The highest BCUT2D eigenvalue weighted by atomic mass is 16.7. The molecule has 0 rings (SSSR count). The van der Waals surface area contributed by atoms with Crippen molar-refractivity contribution < 1.29 is 42.9 Å². The van der Waals surface area contributed by atoms with E-state index in [0.717, 1.165) is 44.9 Å². The number of carboxylic acid groups (broad SMARTS) is 1. The van der Waals surface area contributed by atoms with Crippen molar-refractivity contribution in [3.63, 3.8) is 0 Å². The van der Waals surface area contributed by atoms with Gasteiger partial charge in [0.05, 0.1) is 40.3 Å². The average Bonchev–Trinajstić information content (AvgIpc) is 1.21. The molecule has 0 saturated carbocycles. The monoisotopic (exact) mass is 1420 g/mol. The summed E-state index contributed by atoms with van der Waals surface area (Å²) in [5.74, 6) is -2.24. The number of carbonyl (C=O) groups is 3. The van der Waals surface area contributed by atoms with Crippen LogP contribution in [-0.4, -0.2) is 82.3 Å². The van der Waals surface area contributed by atoms with Crippen LogP contribution in [-0.2, 0) is 33.3 Å². The average molecular weight is 1430 g/mol. The van der Waals surface area contributed by atoms with Gasteiger partial charge in [0.15, 0.2) is 12.4 Å². The van der Waals surface area contributed by atoms with Crippen LogP contribution in [0, 0.1) is 0 Å². The van der Waals surface area contributed by atoms with Gasteiger partial charge in [0, 0.05) is 12.8 Å². The van der Waals surface area contributed by atoms with E-state index in [-0.39, 0.29) is 32.2 Å². The van der Waals surface area contributed by atoms with Crippen molar-refractivity contribution in [2.45, 2.75) is 501 Å². The molecule has 101 heavy (non-hydrogen) atoms. The van der Waals surface area contributed by atoms with Gasteiger partial charge in [-0.15, -0.1) is 0 Å². The fourth-order valence-electron chi connectivity index (χ4n) is 14.3. The van der Waals surface area contributed by atoms with E-state index < -0.39 is 24.3 Å². The van der Waals surface area contributed by atoms with E-state index in [1.165, 1.54) is 417 Å². The number of nitrogens with zero attached hydrogens (tertiary/aromatic N) is 1. The van der Waals surface area contributed by atoms with Crippen LogP contribution in [0.1, 0.15) is 489 Å². The number of esters is 2. The molecule has 0 aliphatic carbocycles. The van der Waals surface area contributed by atoms with Crippen LogP contribution in [0.15, 0.2) is 24.3 Å². The second-order valence-electron chi connectivity index (χ2n) is 32.6. The number of allylic oxidation sites excluding steroid dienone is 4. The molecule has 0 heterocycles. The zero-order valence-electron chi connectivity index (χ0n) is 68.8. The van der Waals surface area contributed by atoms with Gasteiger partial charge in [-0.05, 0) is 44.9 Å². The Morgan fingerprint density at radius 3 is 0.782 bits per heavy atom. The molecule has 2 unspecified atom stereocenters. The van der Waals surface area contributed by atoms with Crippen LogP contribution in [0.3, 0.4) is 0 Å². The van der Waals surface area contributed by atoms with E-state index in [2.05, 4.69) is 38.2 Å². The molecular formula is C92H177NO8. The maximum absolute atomic E-state index is 13.0. The molecular weight excluding hydrogens is 1250 g/mol. The molecule has 9 nitrogen and oxygen atoms in total. The highest BCUT2D eigenvalue weighted by Crippen LogP contribution is 2.21. The Labute approximate surface area is 630 Å². The molecule has 2 atom stereocenters. The van der Waals surface area contributed by atoms with E-state index >= 15 is 0 Å². The van der Waals surface area contributed by atoms with Crippen molar-refractivity contribution in [3.8, 4) is 0 Å². The summed E-state index contributed by atoms with van der Waals surface area (Å²) in [6.45, 7) is 4.84. The summed E-state index contributed by atoms with van der Waals surface area (Å²) in [6.07, 6.45) is 105. The number of carbonyl (C=O) groups excluding carboxylic acids is 3. The van der Waals surface area contributed by atoms with Gasteiger partial charge >= 0.3 is 11.9 Å². The van der Waals surface area contributed by atoms with Gasteiger partial charge in [0.1, 0.15) is 13.2 Å². The minimum Gasteiger partial charge on any atom is -0.545 e. The molecule has 0 spiro atoms. The highest BCUT2D eigenvalue weighted by Gasteiger charge is 2.22. The first kappa shape index (κ1) is 98.8. The summed E-state index contributed by atoms with van der Waals surface area (Å²) in [5, 5.41) is 11.9. The van der Waals surface area contributed by atoms with E-state index in [4.69, 9.17) is 18.9 Å². The molecule has 0 aliphatic heterocycles. The quantitative estimate of drug-likeness (QED) is 0.0195. The van der Waals surface area contributed by atoms with Crippen LogP contribution in [0.2, 0.25) is 0 Å². The first-order chi connectivity index (χ1) is 49.6. The Morgan fingerprint density at radius 1 is 0.297 bits per heavy atom. The predicted octanol–water partition coefficient (Wildman–Crippen LogP) is 28.3. The number of rotatable bonds is 87. The Morgan fingerprint density at radius 2 is 0.535 bits per heavy atom. The van der Waals surface area contributed by atoms with Gasteiger partial charge in [-0.3, -0.25) is 9.59 Å². The smallest absolute Gasteiger partial charge is 0.306 e. The molecule has 0 aromatic heterocycles. The fraction of sp³-hybridized carbons (Fsp3) is 0.924. The molecule has 598 valence electrons. The number of unbranched alkanes of at least 4 members (excludes halogenated alkanes) is 68. The third-order valence-corrected chi connectivity index (χ3v) is 21.2. The summed E-state index contributed by atoms with van der Waals surface area (Å²) in [5.41, 5.74) is 0. The van der Waals surface area contributed by atoms with Crippen LogP contribution in [0.4, 0.5) is 0 Å². The van der Waals surface area contributed by atoms with Crippen molar-refractivity contribution in [2.75, 3.05) is 47.5 Å². The van der Waals surface area contributed by atoms with Gasteiger partial charge in [0.25, 0.3) is 0 Å². The number of hydrogen-bond donors (Lipinski definition) is 0. The van der Waals surface area contributed by atoms with Crippen LogP contribution >= 0.6 is 0 Å². The maximum atomic E-state index is 13.0. The minimum absolute atomic E-state index is 0.153. The molecule has 0 aromatic carbocycles. The molecule has 0 bridgehead atoms. The summed E-state index contributed by atoms with van der Waals surface area (Å²) < 4.78 is 22.9. The summed E-state index contributed by atoms with van der Waals surface area (Å²) in [4.78, 5) is 37.7. The molecule has 0 fully saturated rings. The van der Waals surface area contributed by atoms with Gasteiger partial charge in [0.2, 0.25) is 0 Å². The van der Waals surface area contributed by atoms with Crippen molar-refractivity contribution in [1.82, 2.24) is 0 Å². The topological polar surface area (TPSA) is 111 Å². The highest BCUT2D eigenvalue weighted by molar-refractivity contribution is 5.70. The summed E-state index contributed by atoms with van der Waals surface area (Å²) >= 11 is 0. The lowest BCUT2D eigenvalue weighted by Gasteiger charge is -2.26. The lowest BCUT2D eigenvalue weighted by molar-refractivity contribution is -0.870. The van der Waals surface area contributed by atoms with E-state index in [9.17, 15) is 19.5 Å². The largest absolute Gasteiger partial charge is 0.545 e. The van der Waals surface area contributed by atoms with Gasteiger partial charge in [-0.25, -0.2) is 0 Å². The number of hydrogen-bond acceptors (Lipinski definition) is 8. The Balaban J connectivity index is 3.87. The second-order valence-corrected chi connectivity index (χ2v) is 32.6. The Hall–Kier alpha value is -2.23.